The summed E-state index contributed by atoms with van der Waals surface area (Å²) in [6.45, 7) is 6.93. The van der Waals surface area contributed by atoms with Crippen molar-refractivity contribution in [2.75, 3.05) is 23.8 Å². The molecule has 0 fully saturated rings. The van der Waals surface area contributed by atoms with E-state index in [2.05, 4.69) is 30.9 Å². The topological polar surface area (TPSA) is 153 Å². The summed E-state index contributed by atoms with van der Waals surface area (Å²) < 4.78 is 14.3. The second-order valence-corrected chi connectivity index (χ2v) is 10.1. The zero-order valence-corrected chi connectivity index (χ0v) is 22.2. The summed E-state index contributed by atoms with van der Waals surface area (Å²) >= 11 is 0. The van der Waals surface area contributed by atoms with Gasteiger partial charge in [0.1, 0.15) is 40.9 Å². The maximum atomic E-state index is 14.3. The van der Waals surface area contributed by atoms with Crippen LogP contribution in [0, 0.1) is 5.82 Å². The Hall–Kier alpha value is -4.16. The van der Waals surface area contributed by atoms with Gasteiger partial charge in [-0.15, -0.1) is 0 Å². The Labute approximate surface area is 225 Å². The van der Waals surface area contributed by atoms with Crippen LogP contribution >= 0.6 is 0 Å². The number of nitrogens with zero attached hydrogens (tertiary/aromatic N) is 4. The van der Waals surface area contributed by atoms with Crippen LogP contribution in [0.3, 0.4) is 0 Å². The van der Waals surface area contributed by atoms with E-state index in [1.54, 1.807) is 4.90 Å². The average Bonchev–Trinajstić information content (AvgIpc) is 2.88. The summed E-state index contributed by atoms with van der Waals surface area (Å²) in [6, 6.07) is 8.12. The molecule has 0 spiro atoms. The van der Waals surface area contributed by atoms with Crippen LogP contribution in [0.25, 0.3) is 0 Å². The summed E-state index contributed by atoms with van der Waals surface area (Å²) in [5, 5.41) is 28.3. The van der Waals surface area contributed by atoms with Crippen LogP contribution in [-0.4, -0.2) is 61.1 Å². The van der Waals surface area contributed by atoms with Crippen LogP contribution in [0.15, 0.2) is 36.5 Å². The number of fused-ring (bicyclic) bond motifs is 1. The number of halogens is 1. The molecule has 0 aliphatic carbocycles. The Balaban J connectivity index is 1.62. The van der Waals surface area contributed by atoms with Crippen molar-refractivity contribution in [1.82, 2.24) is 25.2 Å². The molecule has 39 heavy (non-hydrogen) atoms. The fourth-order valence-electron chi connectivity index (χ4n) is 4.18. The van der Waals surface area contributed by atoms with Crippen LogP contribution < -0.4 is 16.0 Å². The number of benzene rings is 1. The monoisotopic (exact) mass is 537 g/mol. The fraction of sp³-hybridized carbons (Fsp3) is 0.370. The van der Waals surface area contributed by atoms with Gasteiger partial charge < -0.3 is 31.1 Å². The van der Waals surface area contributed by atoms with E-state index in [4.69, 9.17) is 5.11 Å². The Bertz CT molecular complexity index is 1390. The molecule has 206 valence electrons. The molecular formula is C27H32FN7O4. The summed E-state index contributed by atoms with van der Waals surface area (Å²) in [5.41, 5.74) is 1.24. The van der Waals surface area contributed by atoms with Gasteiger partial charge in [0, 0.05) is 31.0 Å². The highest BCUT2D eigenvalue weighted by molar-refractivity contribution is 5.99. The first-order valence-corrected chi connectivity index (χ1v) is 12.6. The smallest absolute Gasteiger partial charge is 0.256 e. The van der Waals surface area contributed by atoms with Gasteiger partial charge in [0.25, 0.3) is 5.91 Å². The minimum Gasteiger partial charge on any atom is -0.387 e. The van der Waals surface area contributed by atoms with Gasteiger partial charge in [0.05, 0.1) is 0 Å². The number of aromatic nitrogens is 3. The van der Waals surface area contributed by atoms with Crippen molar-refractivity contribution in [2.45, 2.75) is 52.3 Å². The predicted molar refractivity (Wildman–Crippen MR) is 143 cm³/mol. The number of carbonyl (C=O) groups excluding carboxylic acids is 2. The Morgan fingerprint density at radius 3 is 2.59 bits per heavy atom. The first kappa shape index (κ1) is 27.9. The molecule has 4 rings (SSSR count). The zero-order valence-electron chi connectivity index (χ0n) is 22.2. The number of aliphatic hydroxyl groups is 2. The molecule has 0 unspecified atom stereocenters. The number of carbonyl (C=O) groups is 2. The maximum Gasteiger partial charge on any atom is 0.256 e. The van der Waals surface area contributed by atoms with Gasteiger partial charge in [0.15, 0.2) is 0 Å². The van der Waals surface area contributed by atoms with Crippen LogP contribution in [0.4, 0.5) is 27.7 Å². The summed E-state index contributed by atoms with van der Waals surface area (Å²) in [7, 11) is 0. The predicted octanol–water partition coefficient (Wildman–Crippen LogP) is 2.74. The first-order chi connectivity index (χ1) is 18.4. The summed E-state index contributed by atoms with van der Waals surface area (Å²) in [5.74, 6) is -0.832. The van der Waals surface area contributed by atoms with E-state index < -0.39 is 23.9 Å². The van der Waals surface area contributed by atoms with Crippen LogP contribution in [0.5, 0.6) is 0 Å². The maximum absolute atomic E-state index is 14.3. The summed E-state index contributed by atoms with van der Waals surface area (Å²) in [4.78, 5) is 39.3. The van der Waals surface area contributed by atoms with Crippen molar-refractivity contribution in [3.63, 3.8) is 0 Å². The number of hydrogen-bond donors (Lipinski definition) is 5. The summed E-state index contributed by atoms with van der Waals surface area (Å²) in [6.07, 6.45) is 2.02. The first-order valence-electron chi connectivity index (χ1n) is 12.6. The zero-order chi connectivity index (χ0) is 28.3. The van der Waals surface area contributed by atoms with Crippen molar-refractivity contribution in [2.24, 2.45) is 0 Å². The molecule has 3 aromatic rings. The lowest BCUT2D eigenvalue weighted by molar-refractivity contribution is -0.135. The Kier molecular flexibility index (Phi) is 8.07. The van der Waals surface area contributed by atoms with Gasteiger partial charge in [-0.3, -0.25) is 9.59 Å². The number of rotatable bonds is 8. The Morgan fingerprint density at radius 2 is 1.90 bits per heavy atom. The van der Waals surface area contributed by atoms with E-state index in [1.165, 1.54) is 32.2 Å². The van der Waals surface area contributed by atoms with E-state index in [0.717, 1.165) is 11.1 Å². The normalized spacial score (nSPS) is 13.2. The second-order valence-electron chi connectivity index (χ2n) is 10.1. The molecule has 1 aliphatic rings. The van der Waals surface area contributed by atoms with Gasteiger partial charge in [-0.2, -0.15) is 4.98 Å². The van der Waals surface area contributed by atoms with Crippen LogP contribution in [0.2, 0.25) is 0 Å². The molecule has 2 amide bonds. The SMILES string of the molecule is CC(C)NC(=O)c1cnc(Nc2ccc3c(c2)CCN(C(=O)CO)C3)nc1Nc1ccc(F)c(C(C)(C)O)n1. The highest BCUT2D eigenvalue weighted by Crippen LogP contribution is 2.27. The number of nitrogens with one attached hydrogen (secondary N) is 3. The number of anilines is 4. The molecule has 0 saturated heterocycles. The van der Waals surface area contributed by atoms with E-state index in [-0.39, 0.29) is 40.8 Å². The van der Waals surface area contributed by atoms with Crippen molar-refractivity contribution < 1.29 is 24.2 Å². The van der Waals surface area contributed by atoms with Gasteiger partial charge in [-0.05, 0) is 69.5 Å². The lowest BCUT2D eigenvalue weighted by Gasteiger charge is -2.28. The van der Waals surface area contributed by atoms with Crippen LogP contribution in [0.1, 0.15) is 54.9 Å². The third-order valence-electron chi connectivity index (χ3n) is 6.09. The molecule has 12 heteroatoms. The third kappa shape index (κ3) is 6.65. The number of hydrogen-bond acceptors (Lipinski definition) is 9. The van der Waals surface area contributed by atoms with Gasteiger partial charge in [0.2, 0.25) is 11.9 Å². The van der Waals surface area contributed by atoms with E-state index in [0.29, 0.717) is 25.2 Å². The largest absolute Gasteiger partial charge is 0.387 e. The van der Waals surface area contributed by atoms with Crippen molar-refractivity contribution in [3.05, 3.63) is 64.7 Å². The van der Waals surface area contributed by atoms with E-state index >= 15 is 0 Å². The molecule has 2 aromatic heterocycles. The van der Waals surface area contributed by atoms with Crippen molar-refractivity contribution in [1.29, 1.82) is 0 Å². The van der Waals surface area contributed by atoms with Gasteiger partial charge in [-0.25, -0.2) is 14.4 Å². The molecule has 0 atom stereocenters. The van der Waals surface area contributed by atoms with Crippen LogP contribution in [-0.2, 0) is 23.4 Å². The molecule has 0 saturated carbocycles. The minimum absolute atomic E-state index is 0.132. The molecule has 1 aliphatic heterocycles. The number of pyridine rings is 1. The fourth-order valence-corrected chi connectivity index (χ4v) is 4.18. The lowest BCUT2D eigenvalue weighted by atomic mass is 9.99. The second kappa shape index (κ2) is 11.3. The molecule has 3 heterocycles. The number of amides is 2. The highest BCUT2D eigenvalue weighted by Gasteiger charge is 2.24. The lowest BCUT2D eigenvalue weighted by Crippen LogP contribution is -2.37. The minimum atomic E-state index is -1.52. The molecule has 5 N–H and O–H groups in total. The average molecular weight is 538 g/mol. The van der Waals surface area contributed by atoms with Gasteiger partial charge in [-0.1, -0.05) is 6.07 Å². The molecule has 0 bridgehead atoms. The Morgan fingerprint density at radius 1 is 1.13 bits per heavy atom. The van der Waals surface area contributed by atoms with Gasteiger partial charge >= 0.3 is 0 Å². The standard InChI is InChI=1S/C27H32FN7O4/c1-15(2)30-25(38)19-12-29-26(34-24(19)33-21-8-7-20(28)23(32-21)27(3,4)39)31-18-6-5-17-13-35(22(37)14-36)10-9-16(17)11-18/h5-8,11-12,15,36,39H,9-10,13-14H2,1-4H3,(H,30,38)(H2,29,31,32,33,34). The quantitative estimate of drug-likeness (QED) is 0.292. The number of aliphatic hydroxyl groups excluding tert-OH is 1. The third-order valence-corrected chi connectivity index (χ3v) is 6.09. The highest BCUT2D eigenvalue weighted by atomic mass is 19.1. The van der Waals surface area contributed by atoms with E-state index in [1.807, 2.05) is 32.0 Å². The molecule has 1 aromatic carbocycles. The molecule has 0 radical (unpaired) electrons. The van der Waals surface area contributed by atoms with Crippen molar-refractivity contribution >= 4 is 35.1 Å². The van der Waals surface area contributed by atoms with Crippen molar-refractivity contribution in [3.8, 4) is 0 Å². The molecular weight excluding hydrogens is 505 g/mol. The molecule has 11 nitrogen and oxygen atoms in total. The van der Waals surface area contributed by atoms with E-state index in [9.17, 15) is 19.1 Å².